The molecule has 2 aromatic rings. The van der Waals surface area contributed by atoms with Crippen molar-refractivity contribution in [1.29, 1.82) is 0 Å². The molecule has 0 saturated carbocycles. The van der Waals surface area contributed by atoms with Crippen molar-refractivity contribution in [3.05, 3.63) is 35.9 Å². The first-order valence-electron chi connectivity index (χ1n) is 6.29. The normalized spacial score (nSPS) is 16.3. The third kappa shape index (κ3) is 2.79. The fourth-order valence-electron chi connectivity index (χ4n) is 2.23. The molecule has 7 nitrogen and oxygen atoms in total. The van der Waals surface area contributed by atoms with Crippen molar-refractivity contribution >= 4 is 10.0 Å². The highest BCUT2D eigenvalue weighted by Crippen LogP contribution is 2.30. The van der Waals surface area contributed by atoms with Crippen LogP contribution in [0.4, 0.5) is 17.6 Å². The predicted octanol–water partition coefficient (Wildman–Crippen LogP) is 1.04. The quantitative estimate of drug-likeness (QED) is 0.755. The molecule has 3 rings (SSSR count). The molecule has 0 atom stereocenters. The van der Waals surface area contributed by atoms with Crippen LogP contribution in [0, 0.1) is 5.82 Å². The fourth-order valence-corrected chi connectivity index (χ4v) is 3.59. The van der Waals surface area contributed by atoms with Gasteiger partial charge >= 0.3 is 6.18 Å². The SMILES string of the molecule is O=S(=O)(c1cncc(F)c1)N1CCn2c(nnc2C(F)(F)F)C1. The molecule has 0 N–H and O–H groups in total. The average molecular weight is 351 g/mol. The second kappa shape index (κ2) is 5.23. The Labute approximate surface area is 127 Å². The van der Waals surface area contributed by atoms with Crippen LogP contribution in [-0.4, -0.2) is 39.0 Å². The van der Waals surface area contributed by atoms with Gasteiger partial charge in [-0.3, -0.25) is 4.98 Å². The number of hydrogen-bond acceptors (Lipinski definition) is 5. The lowest BCUT2D eigenvalue weighted by Gasteiger charge is -2.27. The Morgan fingerprint density at radius 1 is 1.13 bits per heavy atom. The van der Waals surface area contributed by atoms with Gasteiger partial charge in [-0.25, -0.2) is 12.8 Å². The smallest absolute Gasteiger partial charge is 0.305 e. The Bertz CT molecular complexity index is 848. The molecule has 0 spiro atoms. The molecular formula is C11H9F4N5O2S. The largest absolute Gasteiger partial charge is 0.451 e. The van der Waals surface area contributed by atoms with Gasteiger partial charge in [-0.1, -0.05) is 0 Å². The molecule has 0 fully saturated rings. The predicted molar refractivity (Wildman–Crippen MR) is 66.8 cm³/mol. The molecular weight excluding hydrogens is 342 g/mol. The topological polar surface area (TPSA) is 81.0 Å². The van der Waals surface area contributed by atoms with Gasteiger partial charge in [0.05, 0.1) is 12.7 Å². The number of fused-ring (bicyclic) bond motifs is 1. The van der Waals surface area contributed by atoms with E-state index in [1.54, 1.807) is 0 Å². The van der Waals surface area contributed by atoms with E-state index < -0.39 is 27.8 Å². The number of nitrogens with zero attached hydrogens (tertiary/aromatic N) is 5. The maximum atomic E-state index is 13.1. The van der Waals surface area contributed by atoms with Gasteiger partial charge in [0.25, 0.3) is 0 Å². The summed E-state index contributed by atoms with van der Waals surface area (Å²) in [7, 11) is -4.08. The second-order valence-corrected chi connectivity index (χ2v) is 6.70. The van der Waals surface area contributed by atoms with Gasteiger partial charge < -0.3 is 4.57 Å². The van der Waals surface area contributed by atoms with Crippen molar-refractivity contribution in [3.63, 3.8) is 0 Å². The second-order valence-electron chi connectivity index (χ2n) is 4.77. The van der Waals surface area contributed by atoms with E-state index in [0.29, 0.717) is 0 Å². The number of alkyl halides is 3. The van der Waals surface area contributed by atoms with E-state index in [1.165, 1.54) is 0 Å². The lowest BCUT2D eigenvalue weighted by Crippen LogP contribution is -2.39. The first-order chi connectivity index (χ1) is 10.7. The molecule has 12 heteroatoms. The number of rotatable bonds is 2. The van der Waals surface area contributed by atoms with Crippen molar-refractivity contribution < 1.29 is 26.0 Å². The zero-order valence-electron chi connectivity index (χ0n) is 11.3. The number of aromatic nitrogens is 4. The summed E-state index contributed by atoms with van der Waals surface area (Å²) in [4.78, 5) is 3.09. The number of halogens is 4. The van der Waals surface area contributed by atoms with Gasteiger partial charge in [0, 0.05) is 19.3 Å². The van der Waals surface area contributed by atoms with Crippen LogP contribution in [0.3, 0.4) is 0 Å². The number of pyridine rings is 1. The van der Waals surface area contributed by atoms with E-state index in [9.17, 15) is 26.0 Å². The molecule has 0 bridgehead atoms. The van der Waals surface area contributed by atoms with E-state index >= 15 is 0 Å². The monoisotopic (exact) mass is 351 g/mol. The minimum atomic E-state index is -4.67. The minimum absolute atomic E-state index is 0.128. The van der Waals surface area contributed by atoms with Crippen molar-refractivity contribution in [3.8, 4) is 0 Å². The summed E-state index contributed by atoms with van der Waals surface area (Å²) in [5, 5.41) is 6.46. The summed E-state index contributed by atoms with van der Waals surface area (Å²) >= 11 is 0. The Hall–Kier alpha value is -2.08. The van der Waals surface area contributed by atoms with E-state index in [0.717, 1.165) is 27.3 Å². The highest BCUT2D eigenvalue weighted by Gasteiger charge is 2.40. The highest BCUT2D eigenvalue weighted by atomic mass is 32.2. The van der Waals surface area contributed by atoms with Crippen LogP contribution in [0.1, 0.15) is 11.6 Å². The first-order valence-corrected chi connectivity index (χ1v) is 7.73. The van der Waals surface area contributed by atoms with E-state index in [1.807, 2.05) is 0 Å². The molecule has 0 aromatic carbocycles. The Morgan fingerprint density at radius 3 is 2.52 bits per heavy atom. The van der Waals surface area contributed by atoms with Crippen LogP contribution in [0.2, 0.25) is 0 Å². The molecule has 3 heterocycles. The molecule has 124 valence electrons. The summed E-state index contributed by atoms with van der Waals surface area (Å²) in [5.41, 5.74) is 0. The first kappa shape index (κ1) is 15.8. The zero-order chi connectivity index (χ0) is 16.8. The van der Waals surface area contributed by atoms with Crippen molar-refractivity contribution in [2.24, 2.45) is 0 Å². The molecule has 0 amide bonds. The van der Waals surface area contributed by atoms with Crippen LogP contribution in [0.25, 0.3) is 0 Å². The van der Waals surface area contributed by atoms with Gasteiger partial charge in [-0.15, -0.1) is 10.2 Å². The zero-order valence-corrected chi connectivity index (χ0v) is 12.1. The fraction of sp³-hybridized carbons (Fsp3) is 0.364. The standard InChI is InChI=1S/C11H9F4N5O2S/c12-7-3-8(5-16-4-7)23(21,22)19-1-2-20-9(6-19)17-18-10(20)11(13,14)15/h3-5H,1-2,6H2. The van der Waals surface area contributed by atoms with E-state index in [-0.39, 0.29) is 30.4 Å². The summed E-state index contributed by atoms with van der Waals surface area (Å²) < 4.78 is 77.9. The summed E-state index contributed by atoms with van der Waals surface area (Å²) in [6.45, 7) is -0.853. The Kier molecular flexibility index (Phi) is 3.59. The molecule has 0 saturated heterocycles. The summed E-state index contributed by atoms with van der Waals surface area (Å²) in [6.07, 6.45) is -2.85. The van der Waals surface area contributed by atoms with Gasteiger partial charge in [0.1, 0.15) is 16.5 Å². The number of sulfonamides is 1. The molecule has 0 unspecified atom stereocenters. The van der Waals surface area contributed by atoms with Crippen LogP contribution in [0.15, 0.2) is 23.4 Å². The van der Waals surface area contributed by atoms with Gasteiger partial charge in [-0.2, -0.15) is 17.5 Å². The highest BCUT2D eigenvalue weighted by molar-refractivity contribution is 7.89. The van der Waals surface area contributed by atoms with E-state index in [4.69, 9.17) is 0 Å². The minimum Gasteiger partial charge on any atom is -0.305 e. The van der Waals surface area contributed by atoms with Crippen LogP contribution in [-0.2, 0) is 29.3 Å². The van der Waals surface area contributed by atoms with Crippen LogP contribution < -0.4 is 0 Å². The Morgan fingerprint density at radius 2 is 1.87 bits per heavy atom. The lowest BCUT2D eigenvalue weighted by atomic mass is 10.4. The van der Waals surface area contributed by atoms with Crippen LogP contribution >= 0.6 is 0 Å². The Balaban J connectivity index is 1.92. The van der Waals surface area contributed by atoms with E-state index in [2.05, 4.69) is 15.2 Å². The molecule has 1 aliphatic heterocycles. The molecule has 0 aliphatic carbocycles. The lowest BCUT2D eigenvalue weighted by molar-refractivity contribution is -0.147. The maximum Gasteiger partial charge on any atom is 0.451 e. The maximum absolute atomic E-state index is 13.1. The number of hydrogen-bond donors (Lipinski definition) is 0. The third-order valence-corrected chi connectivity index (χ3v) is 5.10. The molecule has 1 aliphatic rings. The van der Waals surface area contributed by atoms with Crippen molar-refractivity contribution in [2.45, 2.75) is 24.2 Å². The summed E-state index contributed by atoms with van der Waals surface area (Å²) in [6, 6.07) is 0.794. The van der Waals surface area contributed by atoms with Crippen LogP contribution in [0.5, 0.6) is 0 Å². The molecule has 0 radical (unpaired) electrons. The molecule has 23 heavy (non-hydrogen) atoms. The van der Waals surface area contributed by atoms with Crippen molar-refractivity contribution in [1.82, 2.24) is 24.1 Å². The average Bonchev–Trinajstić information content (AvgIpc) is 2.90. The van der Waals surface area contributed by atoms with Crippen molar-refractivity contribution in [2.75, 3.05) is 6.54 Å². The molecule has 2 aromatic heterocycles. The van der Waals surface area contributed by atoms with Gasteiger partial charge in [-0.05, 0) is 6.07 Å². The third-order valence-electron chi connectivity index (χ3n) is 3.29. The van der Waals surface area contributed by atoms with Gasteiger partial charge in [0.2, 0.25) is 15.8 Å². The summed E-state index contributed by atoms with van der Waals surface area (Å²) in [5.74, 6) is -2.13. The van der Waals surface area contributed by atoms with Gasteiger partial charge in [0.15, 0.2) is 0 Å².